The van der Waals surface area contributed by atoms with Gasteiger partial charge in [0.1, 0.15) is 11.5 Å². The molecule has 2 aromatic carbocycles. The number of nitrogens with one attached hydrogen (secondary N) is 1. The average Bonchev–Trinajstić information content (AvgIpc) is 3.26. The molecule has 0 aliphatic heterocycles. The van der Waals surface area contributed by atoms with Crippen LogP contribution in [0.4, 0.5) is 11.5 Å². The molecule has 1 amide bonds. The summed E-state index contributed by atoms with van der Waals surface area (Å²) in [5.41, 5.74) is 2.25. The zero-order chi connectivity index (χ0) is 19.2. The lowest BCUT2D eigenvalue weighted by Gasteiger charge is -2.22. The van der Waals surface area contributed by atoms with Gasteiger partial charge in [0, 0.05) is 11.7 Å². The Morgan fingerprint density at radius 1 is 0.929 bits per heavy atom. The highest BCUT2D eigenvalue weighted by atomic mass is 16.2. The third-order valence-corrected chi connectivity index (χ3v) is 5.07. The topological polar surface area (TPSA) is 58.1 Å². The summed E-state index contributed by atoms with van der Waals surface area (Å²) < 4.78 is 0. The summed E-state index contributed by atoms with van der Waals surface area (Å²) in [5.74, 6) is 0.577. The molecule has 3 aromatic rings. The van der Waals surface area contributed by atoms with E-state index in [2.05, 4.69) is 15.3 Å². The van der Waals surface area contributed by atoms with Gasteiger partial charge in [-0.05, 0) is 30.5 Å². The number of hydrogen-bond donors (Lipinski definition) is 1. The molecule has 4 rings (SSSR count). The minimum Gasteiger partial charge on any atom is -0.366 e. The minimum absolute atomic E-state index is 0.157. The van der Waals surface area contributed by atoms with Crippen LogP contribution in [0.2, 0.25) is 0 Å². The van der Waals surface area contributed by atoms with Gasteiger partial charge in [-0.2, -0.15) is 0 Å². The van der Waals surface area contributed by atoms with Crippen LogP contribution in [0.3, 0.4) is 0 Å². The van der Waals surface area contributed by atoms with Crippen LogP contribution < -0.4 is 10.2 Å². The smallest absolute Gasteiger partial charge is 0.278 e. The highest BCUT2D eigenvalue weighted by Gasteiger charge is 2.20. The molecule has 142 valence electrons. The second-order valence-corrected chi connectivity index (χ2v) is 7.13. The van der Waals surface area contributed by atoms with Crippen molar-refractivity contribution >= 4 is 17.4 Å². The summed E-state index contributed by atoms with van der Waals surface area (Å²) >= 11 is 0. The maximum atomic E-state index is 13.2. The molecular formula is C23H24N4O. The van der Waals surface area contributed by atoms with Gasteiger partial charge in [-0.1, -0.05) is 61.4 Å². The fraction of sp³-hybridized carbons (Fsp3) is 0.261. The molecule has 0 saturated heterocycles. The van der Waals surface area contributed by atoms with Gasteiger partial charge in [-0.25, -0.2) is 9.97 Å². The molecule has 1 saturated carbocycles. The van der Waals surface area contributed by atoms with Crippen LogP contribution in [0.25, 0.3) is 0 Å². The zero-order valence-corrected chi connectivity index (χ0v) is 15.8. The van der Waals surface area contributed by atoms with Crippen molar-refractivity contribution < 1.29 is 4.79 Å². The number of amides is 1. The number of nitrogens with zero attached hydrogens (tertiary/aromatic N) is 3. The predicted molar refractivity (Wildman–Crippen MR) is 111 cm³/mol. The lowest BCUT2D eigenvalue weighted by Crippen LogP contribution is -2.31. The quantitative estimate of drug-likeness (QED) is 0.683. The Morgan fingerprint density at radius 3 is 2.25 bits per heavy atom. The molecule has 1 fully saturated rings. The van der Waals surface area contributed by atoms with Gasteiger partial charge in [0.15, 0.2) is 0 Å². The number of benzene rings is 2. The fourth-order valence-electron chi connectivity index (χ4n) is 3.58. The van der Waals surface area contributed by atoms with E-state index in [1.165, 1.54) is 25.7 Å². The molecule has 1 N–H and O–H groups in total. The van der Waals surface area contributed by atoms with Crippen molar-refractivity contribution in [3.63, 3.8) is 0 Å². The second kappa shape index (κ2) is 8.65. The van der Waals surface area contributed by atoms with Crippen molar-refractivity contribution in [2.75, 3.05) is 10.2 Å². The number of para-hydroxylation sites is 1. The van der Waals surface area contributed by atoms with Gasteiger partial charge < -0.3 is 10.2 Å². The molecule has 1 aromatic heterocycles. The van der Waals surface area contributed by atoms with Crippen LogP contribution in [0.5, 0.6) is 0 Å². The summed E-state index contributed by atoms with van der Waals surface area (Å²) in [4.78, 5) is 23.8. The van der Waals surface area contributed by atoms with Crippen LogP contribution in [0.15, 0.2) is 73.1 Å². The first-order chi connectivity index (χ1) is 13.8. The normalized spacial score (nSPS) is 14.0. The molecule has 1 aliphatic carbocycles. The minimum atomic E-state index is -0.157. The first-order valence-corrected chi connectivity index (χ1v) is 9.79. The third-order valence-electron chi connectivity index (χ3n) is 5.07. The largest absolute Gasteiger partial charge is 0.366 e. The number of hydrogen-bond acceptors (Lipinski definition) is 4. The van der Waals surface area contributed by atoms with Crippen LogP contribution in [-0.4, -0.2) is 21.9 Å². The lowest BCUT2D eigenvalue weighted by atomic mass is 10.2. The Labute approximate surface area is 165 Å². The monoisotopic (exact) mass is 372 g/mol. The first kappa shape index (κ1) is 18.2. The van der Waals surface area contributed by atoms with Crippen molar-refractivity contribution in [3.8, 4) is 0 Å². The summed E-state index contributed by atoms with van der Waals surface area (Å²) in [5, 5.41) is 3.41. The Kier molecular flexibility index (Phi) is 5.61. The molecule has 28 heavy (non-hydrogen) atoms. The zero-order valence-electron chi connectivity index (χ0n) is 15.8. The molecule has 0 unspecified atom stereocenters. The molecule has 5 nitrogen and oxygen atoms in total. The van der Waals surface area contributed by atoms with E-state index in [1.807, 2.05) is 60.7 Å². The first-order valence-electron chi connectivity index (χ1n) is 9.79. The van der Waals surface area contributed by atoms with Crippen LogP contribution >= 0.6 is 0 Å². The van der Waals surface area contributed by atoms with E-state index in [4.69, 9.17) is 0 Å². The van der Waals surface area contributed by atoms with Gasteiger partial charge in [0.05, 0.1) is 18.9 Å². The van der Waals surface area contributed by atoms with E-state index in [9.17, 15) is 4.79 Å². The number of anilines is 2. The molecule has 1 heterocycles. The maximum Gasteiger partial charge on any atom is 0.278 e. The van der Waals surface area contributed by atoms with E-state index in [0.717, 1.165) is 17.1 Å². The Bertz CT molecular complexity index is 891. The Hall–Kier alpha value is -3.21. The van der Waals surface area contributed by atoms with Crippen LogP contribution in [0, 0.1) is 0 Å². The van der Waals surface area contributed by atoms with Crippen molar-refractivity contribution in [2.45, 2.75) is 38.3 Å². The molecule has 0 atom stereocenters. The Balaban J connectivity index is 1.54. The Morgan fingerprint density at radius 2 is 1.61 bits per heavy atom. The number of carbonyl (C=O) groups is 1. The van der Waals surface area contributed by atoms with Crippen LogP contribution in [-0.2, 0) is 6.54 Å². The van der Waals surface area contributed by atoms with Crippen molar-refractivity contribution in [2.24, 2.45) is 0 Å². The van der Waals surface area contributed by atoms with Crippen molar-refractivity contribution in [3.05, 3.63) is 84.3 Å². The predicted octanol–water partition coefficient (Wildman–Crippen LogP) is 4.68. The summed E-state index contributed by atoms with van der Waals surface area (Å²) in [6.07, 6.45) is 8.08. The second-order valence-electron chi connectivity index (χ2n) is 7.13. The average molecular weight is 372 g/mol. The molecular weight excluding hydrogens is 348 g/mol. The number of aromatic nitrogens is 2. The van der Waals surface area contributed by atoms with Crippen molar-refractivity contribution in [1.82, 2.24) is 9.97 Å². The van der Waals surface area contributed by atoms with E-state index in [-0.39, 0.29) is 5.91 Å². The standard InChI is InChI=1S/C23H24N4O/c28-23(21-15-25-22(16-24-21)26-19-11-7-8-12-19)27(20-13-5-2-6-14-20)17-18-9-3-1-4-10-18/h1-6,9-10,13-16,19H,7-8,11-12,17H2,(H,25,26). The number of carbonyl (C=O) groups excluding carboxylic acids is 1. The van der Waals surface area contributed by atoms with Gasteiger partial charge in [0.25, 0.3) is 5.91 Å². The third kappa shape index (κ3) is 4.36. The van der Waals surface area contributed by atoms with Crippen LogP contribution in [0.1, 0.15) is 41.7 Å². The van der Waals surface area contributed by atoms with E-state index >= 15 is 0 Å². The maximum absolute atomic E-state index is 13.2. The highest BCUT2D eigenvalue weighted by molar-refractivity contribution is 6.04. The van der Waals surface area contributed by atoms with Gasteiger partial charge >= 0.3 is 0 Å². The molecule has 1 aliphatic rings. The molecule has 0 radical (unpaired) electrons. The SMILES string of the molecule is O=C(c1cnc(NC2CCCC2)cn1)N(Cc1ccccc1)c1ccccc1. The van der Waals surface area contributed by atoms with Gasteiger partial charge in [-0.3, -0.25) is 4.79 Å². The number of rotatable bonds is 6. The molecule has 0 spiro atoms. The fourth-order valence-corrected chi connectivity index (χ4v) is 3.58. The van der Waals surface area contributed by atoms with E-state index in [1.54, 1.807) is 17.3 Å². The van der Waals surface area contributed by atoms with E-state index in [0.29, 0.717) is 18.3 Å². The van der Waals surface area contributed by atoms with E-state index < -0.39 is 0 Å². The molecule has 5 heteroatoms. The molecule has 0 bridgehead atoms. The lowest BCUT2D eigenvalue weighted by molar-refractivity contribution is 0.0980. The van der Waals surface area contributed by atoms with Crippen molar-refractivity contribution in [1.29, 1.82) is 0 Å². The summed E-state index contributed by atoms with van der Waals surface area (Å²) in [6, 6.07) is 20.1. The summed E-state index contributed by atoms with van der Waals surface area (Å²) in [7, 11) is 0. The van der Waals surface area contributed by atoms with Gasteiger partial charge in [-0.15, -0.1) is 0 Å². The summed E-state index contributed by atoms with van der Waals surface area (Å²) in [6.45, 7) is 0.480. The van der Waals surface area contributed by atoms with Gasteiger partial charge in [0.2, 0.25) is 0 Å². The highest BCUT2D eigenvalue weighted by Crippen LogP contribution is 2.22.